The average Bonchev–Trinajstić information content (AvgIpc) is 2.18. The van der Waals surface area contributed by atoms with Crippen LogP contribution in [0.15, 0.2) is 0 Å². The van der Waals surface area contributed by atoms with Gasteiger partial charge in [0.15, 0.2) is 0 Å². The fourth-order valence-electron chi connectivity index (χ4n) is 1.44. The molecule has 0 amide bonds. The molecule has 0 saturated carbocycles. The fourth-order valence-corrected chi connectivity index (χ4v) is 1.44. The van der Waals surface area contributed by atoms with Crippen molar-refractivity contribution in [2.24, 2.45) is 0 Å². The van der Waals surface area contributed by atoms with Crippen molar-refractivity contribution in [2.75, 3.05) is 53.4 Å². The zero-order valence-electron chi connectivity index (χ0n) is 9.55. The Balaban J connectivity index is 3.44. The van der Waals surface area contributed by atoms with Gasteiger partial charge in [0.1, 0.15) is 0 Å². The summed E-state index contributed by atoms with van der Waals surface area (Å²) in [6.07, 6.45) is 2.30. The van der Waals surface area contributed by atoms with Crippen LogP contribution in [0.25, 0.3) is 0 Å². The van der Waals surface area contributed by atoms with Gasteiger partial charge in [-0.2, -0.15) is 0 Å². The lowest BCUT2D eigenvalue weighted by atomic mass is 10.3. The summed E-state index contributed by atoms with van der Waals surface area (Å²) in [6.45, 7) is 5.31. The van der Waals surface area contributed by atoms with Crippen LogP contribution >= 0.6 is 0 Å². The number of aliphatic hydroxyl groups is 1. The Morgan fingerprint density at radius 2 is 1.43 bits per heavy atom. The first-order chi connectivity index (χ1) is 6.85. The van der Waals surface area contributed by atoms with Gasteiger partial charge in [-0.05, 0) is 53.1 Å². The molecule has 0 bridgehead atoms. The minimum atomic E-state index is 0.263. The molecular formula is C10H25N3O. The molecule has 0 aliphatic carbocycles. The molecule has 0 aromatic heterocycles. The van der Waals surface area contributed by atoms with Gasteiger partial charge in [0.2, 0.25) is 0 Å². The highest BCUT2D eigenvalue weighted by Crippen LogP contribution is 1.92. The van der Waals surface area contributed by atoms with Gasteiger partial charge in [0, 0.05) is 6.54 Å². The quantitative estimate of drug-likeness (QED) is 0.419. The molecule has 0 rings (SSSR count). The number of rotatable bonds is 10. The van der Waals surface area contributed by atoms with Crippen LogP contribution in [0.1, 0.15) is 12.8 Å². The zero-order valence-corrected chi connectivity index (χ0v) is 9.55. The number of aliphatic hydroxyl groups excluding tert-OH is 1. The second-order valence-electron chi connectivity index (χ2n) is 3.48. The molecule has 0 unspecified atom stereocenters. The summed E-state index contributed by atoms with van der Waals surface area (Å²) >= 11 is 0. The molecule has 4 heteroatoms. The van der Waals surface area contributed by atoms with Crippen LogP contribution in [-0.4, -0.2) is 63.4 Å². The van der Waals surface area contributed by atoms with Gasteiger partial charge < -0.3 is 20.6 Å². The number of hydrogen-bond donors (Lipinski definition) is 3. The summed E-state index contributed by atoms with van der Waals surface area (Å²) in [6, 6.07) is 0. The Kier molecular flexibility index (Phi) is 10.8. The molecule has 3 N–H and O–H groups in total. The van der Waals surface area contributed by atoms with Gasteiger partial charge in [0.25, 0.3) is 0 Å². The largest absolute Gasteiger partial charge is 0.395 e. The lowest BCUT2D eigenvalue weighted by Crippen LogP contribution is -2.31. The normalized spacial score (nSPS) is 11.1. The smallest absolute Gasteiger partial charge is 0.0558 e. The molecule has 0 saturated heterocycles. The molecule has 4 nitrogen and oxygen atoms in total. The van der Waals surface area contributed by atoms with E-state index in [1.807, 2.05) is 14.1 Å². The Morgan fingerprint density at radius 1 is 0.929 bits per heavy atom. The van der Waals surface area contributed by atoms with Gasteiger partial charge in [-0.25, -0.2) is 0 Å². The minimum absolute atomic E-state index is 0.263. The predicted octanol–water partition coefficient (Wildman–Crippen LogP) is -0.500. The van der Waals surface area contributed by atoms with E-state index < -0.39 is 0 Å². The van der Waals surface area contributed by atoms with Gasteiger partial charge in [-0.1, -0.05) is 0 Å². The van der Waals surface area contributed by atoms with Crippen molar-refractivity contribution in [3.05, 3.63) is 0 Å². The number of hydrogen-bond acceptors (Lipinski definition) is 4. The maximum absolute atomic E-state index is 8.88. The molecule has 0 radical (unpaired) electrons. The molecule has 0 aromatic rings. The number of nitrogens with one attached hydrogen (secondary N) is 2. The molecular weight excluding hydrogens is 178 g/mol. The van der Waals surface area contributed by atoms with Crippen LogP contribution in [0, 0.1) is 0 Å². The van der Waals surface area contributed by atoms with Gasteiger partial charge in [-0.15, -0.1) is 0 Å². The first-order valence-electron chi connectivity index (χ1n) is 5.47. The van der Waals surface area contributed by atoms with E-state index in [-0.39, 0.29) is 6.61 Å². The van der Waals surface area contributed by atoms with Gasteiger partial charge in [0.05, 0.1) is 6.61 Å². The summed E-state index contributed by atoms with van der Waals surface area (Å²) in [4.78, 5) is 2.31. The highest BCUT2D eigenvalue weighted by atomic mass is 16.3. The standard InChI is InChI=1S/C10H25N3O/c1-11-5-3-7-13(9-10-14)8-4-6-12-2/h11-12,14H,3-10H2,1-2H3. The first kappa shape index (κ1) is 13.8. The monoisotopic (exact) mass is 203 g/mol. The van der Waals surface area contributed by atoms with Crippen LogP contribution in [0.4, 0.5) is 0 Å². The van der Waals surface area contributed by atoms with E-state index in [9.17, 15) is 0 Å². The van der Waals surface area contributed by atoms with E-state index in [1.165, 1.54) is 0 Å². The van der Waals surface area contributed by atoms with Crippen molar-refractivity contribution < 1.29 is 5.11 Å². The summed E-state index contributed by atoms with van der Waals surface area (Å²) in [7, 11) is 3.94. The van der Waals surface area contributed by atoms with Crippen molar-refractivity contribution in [1.82, 2.24) is 15.5 Å². The van der Waals surface area contributed by atoms with Crippen molar-refractivity contribution in [3.8, 4) is 0 Å². The molecule has 0 atom stereocenters. The van der Waals surface area contributed by atoms with E-state index in [1.54, 1.807) is 0 Å². The van der Waals surface area contributed by atoms with Crippen molar-refractivity contribution in [2.45, 2.75) is 12.8 Å². The van der Waals surface area contributed by atoms with E-state index >= 15 is 0 Å². The lowest BCUT2D eigenvalue weighted by Gasteiger charge is -2.20. The molecule has 0 heterocycles. The third-order valence-electron chi connectivity index (χ3n) is 2.22. The molecule has 14 heavy (non-hydrogen) atoms. The van der Waals surface area contributed by atoms with E-state index in [0.717, 1.165) is 45.6 Å². The third kappa shape index (κ3) is 8.44. The van der Waals surface area contributed by atoms with E-state index in [0.29, 0.717) is 0 Å². The Bertz CT molecular complexity index is 102. The van der Waals surface area contributed by atoms with E-state index in [2.05, 4.69) is 15.5 Å². The first-order valence-corrected chi connectivity index (χ1v) is 5.47. The Hall–Kier alpha value is -0.160. The molecule has 0 aliphatic heterocycles. The highest BCUT2D eigenvalue weighted by molar-refractivity contribution is 4.59. The topological polar surface area (TPSA) is 47.5 Å². The Morgan fingerprint density at radius 3 is 1.79 bits per heavy atom. The molecule has 0 fully saturated rings. The van der Waals surface area contributed by atoms with Crippen LogP contribution in [0.3, 0.4) is 0 Å². The van der Waals surface area contributed by atoms with E-state index in [4.69, 9.17) is 5.11 Å². The van der Waals surface area contributed by atoms with Gasteiger partial charge in [-0.3, -0.25) is 0 Å². The van der Waals surface area contributed by atoms with Crippen molar-refractivity contribution in [1.29, 1.82) is 0 Å². The third-order valence-corrected chi connectivity index (χ3v) is 2.22. The molecule has 86 valence electrons. The van der Waals surface area contributed by atoms with Crippen LogP contribution in [0.5, 0.6) is 0 Å². The molecule has 0 aliphatic rings. The molecule has 0 aromatic carbocycles. The second kappa shape index (κ2) is 10.9. The zero-order chi connectivity index (χ0) is 10.6. The number of nitrogens with zero attached hydrogens (tertiary/aromatic N) is 1. The van der Waals surface area contributed by atoms with Crippen molar-refractivity contribution >= 4 is 0 Å². The predicted molar refractivity (Wildman–Crippen MR) is 60.6 cm³/mol. The van der Waals surface area contributed by atoms with Crippen LogP contribution < -0.4 is 10.6 Å². The second-order valence-corrected chi connectivity index (χ2v) is 3.48. The summed E-state index contributed by atoms with van der Waals surface area (Å²) in [5.41, 5.74) is 0. The summed E-state index contributed by atoms with van der Waals surface area (Å²) < 4.78 is 0. The Labute approximate surface area is 87.7 Å². The molecule has 0 spiro atoms. The summed E-state index contributed by atoms with van der Waals surface area (Å²) in [5, 5.41) is 15.1. The maximum atomic E-state index is 8.88. The minimum Gasteiger partial charge on any atom is -0.395 e. The summed E-state index contributed by atoms with van der Waals surface area (Å²) in [5.74, 6) is 0. The van der Waals surface area contributed by atoms with Crippen LogP contribution in [0.2, 0.25) is 0 Å². The lowest BCUT2D eigenvalue weighted by molar-refractivity contribution is 0.193. The SMILES string of the molecule is CNCCCN(CCO)CCCNC. The average molecular weight is 203 g/mol. The van der Waals surface area contributed by atoms with Crippen molar-refractivity contribution in [3.63, 3.8) is 0 Å². The maximum Gasteiger partial charge on any atom is 0.0558 e. The fraction of sp³-hybridized carbons (Fsp3) is 1.00. The highest BCUT2D eigenvalue weighted by Gasteiger charge is 2.02. The van der Waals surface area contributed by atoms with Crippen LogP contribution in [-0.2, 0) is 0 Å². The van der Waals surface area contributed by atoms with Gasteiger partial charge >= 0.3 is 0 Å².